The van der Waals surface area contributed by atoms with Crippen LogP contribution in [0.4, 0.5) is 0 Å². The molecule has 0 unspecified atom stereocenters. The first kappa shape index (κ1) is 10.3. The molecule has 3 heteroatoms. The van der Waals surface area contributed by atoms with Crippen LogP contribution in [-0.4, -0.2) is 9.55 Å². The van der Waals surface area contributed by atoms with Crippen LogP contribution in [-0.2, 0) is 5.54 Å². The second-order valence-electron chi connectivity index (χ2n) is 5.65. The average Bonchev–Trinajstić information content (AvgIpc) is 3.32. The Hall–Kier alpha value is -1.61. The van der Waals surface area contributed by atoms with Crippen LogP contribution in [0.25, 0.3) is 11.3 Å². The lowest BCUT2D eigenvalue weighted by Crippen LogP contribution is -2.18. The molecule has 0 saturated heterocycles. The van der Waals surface area contributed by atoms with Crippen molar-refractivity contribution in [2.24, 2.45) is 5.73 Å². The molecule has 0 radical (unpaired) electrons. The third kappa shape index (κ3) is 1.58. The summed E-state index contributed by atoms with van der Waals surface area (Å²) in [5.74, 6) is 0. The third-order valence-corrected chi connectivity index (χ3v) is 4.13. The first-order valence-corrected chi connectivity index (χ1v) is 6.68. The number of imidazole rings is 1. The summed E-state index contributed by atoms with van der Waals surface area (Å²) in [6, 6.07) is 9.32. The molecule has 2 N–H and O–H groups in total. The van der Waals surface area contributed by atoms with Crippen molar-refractivity contribution in [1.29, 1.82) is 0 Å². The number of hydrogen-bond donors (Lipinski definition) is 1. The SMILES string of the molecule is NC1(c2cccc(-c3cncn3C3CC3)c2)CC1. The van der Waals surface area contributed by atoms with E-state index in [-0.39, 0.29) is 5.54 Å². The highest BCUT2D eigenvalue weighted by Crippen LogP contribution is 2.44. The first-order chi connectivity index (χ1) is 8.76. The number of nitrogens with two attached hydrogens (primary N) is 1. The lowest BCUT2D eigenvalue weighted by atomic mass is 10.0. The van der Waals surface area contributed by atoms with Gasteiger partial charge in [0.15, 0.2) is 0 Å². The normalized spacial score (nSPS) is 20.9. The van der Waals surface area contributed by atoms with Crippen molar-refractivity contribution in [3.05, 3.63) is 42.4 Å². The summed E-state index contributed by atoms with van der Waals surface area (Å²) in [6.07, 6.45) is 8.70. The van der Waals surface area contributed by atoms with Crippen molar-refractivity contribution in [1.82, 2.24) is 9.55 Å². The van der Waals surface area contributed by atoms with E-state index in [9.17, 15) is 0 Å². The smallest absolute Gasteiger partial charge is 0.0953 e. The quantitative estimate of drug-likeness (QED) is 0.895. The maximum Gasteiger partial charge on any atom is 0.0953 e. The van der Waals surface area contributed by atoms with E-state index in [1.165, 1.54) is 29.7 Å². The number of aromatic nitrogens is 2. The maximum absolute atomic E-state index is 6.28. The molecule has 1 aromatic heterocycles. The Morgan fingerprint density at radius 1 is 1.28 bits per heavy atom. The topological polar surface area (TPSA) is 43.8 Å². The molecule has 3 nitrogen and oxygen atoms in total. The van der Waals surface area contributed by atoms with Gasteiger partial charge in [-0.1, -0.05) is 18.2 Å². The Kier molecular flexibility index (Phi) is 1.98. The maximum atomic E-state index is 6.28. The van der Waals surface area contributed by atoms with Crippen LogP contribution in [0.1, 0.15) is 37.3 Å². The lowest BCUT2D eigenvalue weighted by Gasteiger charge is -2.12. The Labute approximate surface area is 107 Å². The Morgan fingerprint density at radius 2 is 2.11 bits per heavy atom. The van der Waals surface area contributed by atoms with E-state index in [1.807, 2.05) is 12.5 Å². The Balaban J connectivity index is 1.77. The molecule has 2 aromatic rings. The largest absolute Gasteiger partial charge is 0.328 e. The van der Waals surface area contributed by atoms with Crippen LogP contribution in [0.3, 0.4) is 0 Å². The van der Waals surface area contributed by atoms with Gasteiger partial charge in [0, 0.05) is 17.1 Å². The highest BCUT2D eigenvalue weighted by atomic mass is 15.1. The molecular formula is C15H17N3. The minimum atomic E-state index is -0.0551. The molecule has 2 aliphatic carbocycles. The molecular weight excluding hydrogens is 222 g/mol. The van der Waals surface area contributed by atoms with Crippen LogP contribution < -0.4 is 5.73 Å². The van der Waals surface area contributed by atoms with E-state index in [0.717, 1.165) is 12.8 Å². The van der Waals surface area contributed by atoms with Crippen LogP contribution in [0.2, 0.25) is 0 Å². The molecule has 2 saturated carbocycles. The fraction of sp³-hybridized carbons (Fsp3) is 0.400. The molecule has 0 spiro atoms. The predicted molar refractivity (Wildman–Crippen MR) is 71.0 cm³/mol. The lowest BCUT2D eigenvalue weighted by molar-refractivity contribution is 0.736. The van der Waals surface area contributed by atoms with Crippen LogP contribution in [0.5, 0.6) is 0 Å². The molecule has 0 atom stereocenters. The van der Waals surface area contributed by atoms with Gasteiger partial charge < -0.3 is 10.3 Å². The van der Waals surface area contributed by atoms with Crippen molar-refractivity contribution in [2.75, 3.05) is 0 Å². The van der Waals surface area contributed by atoms with Gasteiger partial charge in [0.2, 0.25) is 0 Å². The van der Waals surface area contributed by atoms with E-state index >= 15 is 0 Å². The van der Waals surface area contributed by atoms with Crippen molar-refractivity contribution in [3.63, 3.8) is 0 Å². The zero-order valence-electron chi connectivity index (χ0n) is 10.3. The molecule has 92 valence electrons. The number of hydrogen-bond acceptors (Lipinski definition) is 2. The minimum Gasteiger partial charge on any atom is -0.328 e. The fourth-order valence-corrected chi connectivity index (χ4v) is 2.58. The number of benzene rings is 1. The highest BCUT2D eigenvalue weighted by Gasteiger charge is 2.40. The van der Waals surface area contributed by atoms with Crippen molar-refractivity contribution in [3.8, 4) is 11.3 Å². The Bertz CT molecular complexity index is 591. The molecule has 18 heavy (non-hydrogen) atoms. The molecule has 1 heterocycles. The highest BCUT2D eigenvalue weighted by molar-refractivity contribution is 5.61. The number of nitrogens with zero attached hydrogens (tertiary/aromatic N) is 2. The molecule has 0 amide bonds. The zero-order chi connectivity index (χ0) is 12.2. The first-order valence-electron chi connectivity index (χ1n) is 6.68. The summed E-state index contributed by atoms with van der Waals surface area (Å²) in [5, 5.41) is 0. The van der Waals surface area contributed by atoms with E-state index in [1.54, 1.807) is 0 Å². The Morgan fingerprint density at radius 3 is 2.83 bits per heavy atom. The van der Waals surface area contributed by atoms with Crippen LogP contribution in [0.15, 0.2) is 36.8 Å². The van der Waals surface area contributed by atoms with Gasteiger partial charge in [0.1, 0.15) is 0 Å². The minimum absolute atomic E-state index is 0.0551. The zero-order valence-corrected chi connectivity index (χ0v) is 10.3. The van der Waals surface area contributed by atoms with Crippen molar-refractivity contribution in [2.45, 2.75) is 37.3 Å². The van der Waals surface area contributed by atoms with Crippen molar-refractivity contribution < 1.29 is 0 Å². The third-order valence-electron chi connectivity index (χ3n) is 4.13. The molecule has 2 fully saturated rings. The molecule has 4 rings (SSSR count). The summed E-state index contributed by atoms with van der Waals surface area (Å²) >= 11 is 0. The summed E-state index contributed by atoms with van der Waals surface area (Å²) in [4.78, 5) is 4.30. The second kappa shape index (κ2) is 3.45. The van der Waals surface area contributed by atoms with Crippen molar-refractivity contribution >= 4 is 0 Å². The summed E-state index contributed by atoms with van der Waals surface area (Å²) in [6.45, 7) is 0. The molecule has 0 bridgehead atoms. The van der Waals surface area contributed by atoms with Gasteiger partial charge in [-0.05, 0) is 37.3 Å². The van der Waals surface area contributed by atoms with E-state index in [4.69, 9.17) is 5.73 Å². The van der Waals surface area contributed by atoms with Gasteiger partial charge in [-0.3, -0.25) is 0 Å². The molecule has 2 aliphatic rings. The van der Waals surface area contributed by atoms with E-state index in [0.29, 0.717) is 6.04 Å². The van der Waals surface area contributed by atoms with Gasteiger partial charge in [-0.2, -0.15) is 0 Å². The fourth-order valence-electron chi connectivity index (χ4n) is 2.58. The average molecular weight is 239 g/mol. The summed E-state index contributed by atoms with van der Waals surface area (Å²) in [7, 11) is 0. The monoisotopic (exact) mass is 239 g/mol. The second-order valence-corrected chi connectivity index (χ2v) is 5.65. The molecule has 0 aliphatic heterocycles. The van der Waals surface area contributed by atoms with E-state index in [2.05, 4.69) is 33.8 Å². The predicted octanol–water partition coefficient (Wildman–Crippen LogP) is 2.83. The number of rotatable bonds is 3. The van der Waals surface area contributed by atoms with Crippen LogP contribution >= 0.6 is 0 Å². The van der Waals surface area contributed by atoms with Gasteiger partial charge in [0.25, 0.3) is 0 Å². The van der Waals surface area contributed by atoms with Crippen LogP contribution in [0, 0.1) is 0 Å². The van der Waals surface area contributed by atoms with E-state index < -0.39 is 0 Å². The summed E-state index contributed by atoms with van der Waals surface area (Å²) in [5.41, 5.74) is 9.96. The summed E-state index contributed by atoms with van der Waals surface area (Å²) < 4.78 is 2.30. The van der Waals surface area contributed by atoms with Gasteiger partial charge in [0.05, 0.1) is 18.2 Å². The van der Waals surface area contributed by atoms with Gasteiger partial charge in [-0.25, -0.2) is 4.98 Å². The standard InChI is InChI=1S/C15H17N3/c16-15(6-7-15)12-3-1-2-11(8-12)14-9-17-10-18(14)13-4-5-13/h1-3,8-10,13H,4-7,16H2. The van der Waals surface area contributed by atoms with Gasteiger partial charge >= 0.3 is 0 Å². The molecule has 1 aromatic carbocycles. The van der Waals surface area contributed by atoms with Gasteiger partial charge in [-0.15, -0.1) is 0 Å².